The fourth-order valence-corrected chi connectivity index (χ4v) is 8.88. The summed E-state index contributed by atoms with van der Waals surface area (Å²) < 4.78 is 16.9. The minimum atomic E-state index is -0.807. The number of esters is 3. The summed E-state index contributed by atoms with van der Waals surface area (Å²) in [5.41, 5.74) is 0. The number of hydrogen-bond donors (Lipinski definition) is 0. The standard InChI is InChI=1S/C75H122O6/c1-4-7-10-13-16-19-22-25-27-29-31-33-35-36-37-38-40-41-43-45-47-50-53-56-59-62-65-68-74(77)80-71-72(70-79-73(76)67-64-61-58-55-52-49-24-21-18-15-12-9-6-3)81-75(78)69-66-63-60-57-54-51-48-46-44-42-39-34-32-30-28-26-23-20-17-14-11-8-5-2/h7,9-10,12,16,18-19,21,23,25-27,30-33,36-37,40-41,45,47,49,52,72H,4-6,8,11,13-15,17,20,22,24,28-29,34-35,38-39,42-44,46,48,50-51,53-71H2,1-3H3/b10-7-,12-9-,19-16-,21-18-,26-23-,27-25-,32-30-,33-31-,37-36-,41-40-,47-45-,52-49-. The van der Waals surface area contributed by atoms with Gasteiger partial charge in [-0.15, -0.1) is 0 Å². The second-order valence-corrected chi connectivity index (χ2v) is 21.6. The van der Waals surface area contributed by atoms with Crippen LogP contribution in [0.2, 0.25) is 0 Å². The molecule has 0 aliphatic carbocycles. The van der Waals surface area contributed by atoms with Crippen molar-refractivity contribution in [2.24, 2.45) is 0 Å². The van der Waals surface area contributed by atoms with Crippen molar-refractivity contribution in [1.29, 1.82) is 0 Å². The van der Waals surface area contributed by atoms with E-state index in [0.717, 1.165) is 154 Å². The van der Waals surface area contributed by atoms with Crippen LogP contribution in [0.4, 0.5) is 0 Å². The third kappa shape index (κ3) is 66.0. The Bertz CT molecular complexity index is 1760. The van der Waals surface area contributed by atoms with Crippen LogP contribution in [-0.2, 0) is 28.6 Å². The van der Waals surface area contributed by atoms with E-state index in [2.05, 4.69) is 167 Å². The van der Waals surface area contributed by atoms with Gasteiger partial charge in [0.1, 0.15) is 13.2 Å². The van der Waals surface area contributed by atoms with Gasteiger partial charge in [0.25, 0.3) is 0 Å². The third-order valence-electron chi connectivity index (χ3n) is 13.8. The van der Waals surface area contributed by atoms with E-state index in [1.807, 2.05) is 0 Å². The minimum Gasteiger partial charge on any atom is -0.462 e. The molecule has 0 N–H and O–H groups in total. The Morgan fingerprint density at radius 1 is 0.259 bits per heavy atom. The lowest BCUT2D eigenvalue weighted by Crippen LogP contribution is -2.30. The van der Waals surface area contributed by atoms with Gasteiger partial charge in [-0.3, -0.25) is 14.4 Å². The predicted molar refractivity (Wildman–Crippen MR) is 352 cm³/mol. The van der Waals surface area contributed by atoms with Crippen molar-refractivity contribution in [3.05, 3.63) is 146 Å². The molecular formula is C75H122O6. The molecule has 1 unspecified atom stereocenters. The predicted octanol–water partition coefficient (Wildman–Crippen LogP) is 23.1. The maximum Gasteiger partial charge on any atom is 0.306 e. The lowest BCUT2D eigenvalue weighted by Gasteiger charge is -2.18. The number of unbranched alkanes of at least 4 members (excludes halogenated alkanes) is 24. The van der Waals surface area contributed by atoms with Gasteiger partial charge in [-0.25, -0.2) is 0 Å². The minimum absolute atomic E-state index is 0.103. The van der Waals surface area contributed by atoms with Crippen molar-refractivity contribution < 1.29 is 28.6 Å². The summed E-state index contributed by atoms with van der Waals surface area (Å²) in [4.78, 5) is 38.4. The van der Waals surface area contributed by atoms with Gasteiger partial charge in [0.15, 0.2) is 6.10 Å². The normalized spacial score (nSPS) is 13.1. The molecular weight excluding hydrogens is 997 g/mol. The molecule has 0 aromatic rings. The van der Waals surface area contributed by atoms with Gasteiger partial charge in [-0.1, -0.05) is 276 Å². The summed E-state index contributed by atoms with van der Waals surface area (Å²) in [6, 6.07) is 0. The molecule has 6 heteroatoms. The van der Waals surface area contributed by atoms with Crippen LogP contribution in [0, 0.1) is 0 Å². The van der Waals surface area contributed by atoms with Gasteiger partial charge >= 0.3 is 17.9 Å². The van der Waals surface area contributed by atoms with Crippen LogP contribution >= 0.6 is 0 Å². The lowest BCUT2D eigenvalue weighted by atomic mass is 10.0. The van der Waals surface area contributed by atoms with Crippen molar-refractivity contribution in [3.8, 4) is 0 Å². The average molecular weight is 1120 g/mol. The Hall–Kier alpha value is -4.71. The third-order valence-corrected chi connectivity index (χ3v) is 13.8. The Labute approximate surface area is 499 Å². The van der Waals surface area contributed by atoms with Crippen LogP contribution in [0.1, 0.15) is 290 Å². The van der Waals surface area contributed by atoms with E-state index in [-0.39, 0.29) is 31.1 Å². The zero-order valence-electron chi connectivity index (χ0n) is 52.5. The second kappa shape index (κ2) is 67.8. The molecule has 0 fully saturated rings. The molecule has 0 aliphatic heterocycles. The van der Waals surface area contributed by atoms with E-state index in [4.69, 9.17) is 14.2 Å². The molecule has 1 atom stereocenters. The molecule has 0 bridgehead atoms. The van der Waals surface area contributed by atoms with Crippen LogP contribution in [0.3, 0.4) is 0 Å². The molecule has 0 aromatic carbocycles. The van der Waals surface area contributed by atoms with Crippen molar-refractivity contribution in [1.82, 2.24) is 0 Å². The number of rotatable bonds is 59. The summed E-state index contributed by atoms with van der Waals surface area (Å²) in [5.74, 6) is -0.951. The summed E-state index contributed by atoms with van der Waals surface area (Å²) in [5, 5.41) is 0. The van der Waals surface area contributed by atoms with Gasteiger partial charge in [0.05, 0.1) is 0 Å². The number of hydrogen-bond acceptors (Lipinski definition) is 6. The number of allylic oxidation sites excluding steroid dienone is 24. The number of carbonyl (C=O) groups excluding carboxylic acids is 3. The van der Waals surface area contributed by atoms with E-state index in [9.17, 15) is 14.4 Å². The van der Waals surface area contributed by atoms with Crippen molar-refractivity contribution >= 4 is 17.9 Å². The van der Waals surface area contributed by atoms with Gasteiger partial charge < -0.3 is 14.2 Å². The van der Waals surface area contributed by atoms with Crippen molar-refractivity contribution in [2.45, 2.75) is 297 Å². The molecule has 458 valence electrons. The summed E-state index contributed by atoms with van der Waals surface area (Å²) >= 11 is 0. The Balaban J connectivity index is 4.40. The van der Waals surface area contributed by atoms with Crippen LogP contribution in [-0.4, -0.2) is 37.2 Å². The fraction of sp³-hybridized carbons (Fsp3) is 0.640. The highest BCUT2D eigenvalue weighted by Crippen LogP contribution is 2.15. The topological polar surface area (TPSA) is 78.9 Å². The van der Waals surface area contributed by atoms with Crippen LogP contribution in [0.5, 0.6) is 0 Å². The first-order valence-electron chi connectivity index (χ1n) is 33.3. The van der Waals surface area contributed by atoms with Crippen molar-refractivity contribution in [3.63, 3.8) is 0 Å². The molecule has 0 amide bonds. The first-order valence-corrected chi connectivity index (χ1v) is 33.3. The fourth-order valence-electron chi connectivity index (χ4n) is 8.88. The van der Waals surface area contributed by atoms with Gasteiger partial charge in [-0.2, -0.15) is 0 Å². The lowest BCUT2D eigenvalue weighted by molar-refractivity contribution is -0.167. The zero-order chi connectivity index (χ0) is 58.5. The smallest absolute Gasteiger partial charge is 0.306 e. The number of ether oxygens (including phenoxy) is 3. The summed E-state index contributed by atoms with van der Waals surface area (Å²) in [7, 11) is 0. The summed E-state index contributed by atoms with van der Waals surface area (Å²) in [6.45, 7) is 6.37. The van der Waals surface area contributed by atoms with Crippen molar-refractivity contribution in [2.75, 3.05) is 13.2 Å². The molecule has 0 rings (SSSR count). The highest BCUT2D eigenvalue weighted by Gasteiger charge is 2.19. The molecule has 0 radical (unpaired) electrons. The first kappa shape index (κ1) is 76.3. The molecule has 0 heterocycles. The highest BCUT2D eigenvalue weighted by molar-refractivity contribution is 5.71. The molecule has 0 saturated heterocycles. The second-order valence-electron chi connectivity index (χ2n) is 21.6. The first-order chi connectivity index (χ1) is 40.0. The maximum atomic E-state index is 12.9. The van der Waals surface area contributed by atoms with E-state index in [1.165, 1.54) is 96.3 Å². The van der Waals surface area contributed by atoms with E-state index in [0.29, 0.717) is 19.3 Å². The Kier molecular flexibility index (Phi) is 63.9. The monoisotopic (exact) mass is 1120 g/mol. The Morgan fingerprint density at radius 2 is 0.481 bits per heavy atom. The molecule has 0 aliphatic rings. The molecule has 0 aromatic heterocycles. The highest BCUT2D eigenvalue weighted by atomic mass is 16.6. The molecule has 0 spiro atoms. The van der Waals surface area contributed by atoms with E-state index >= 15 is 0 Å². The maximum absolute atomic E-state index is 12.9. The van der Waals surface area contributed by atoms with Gasteiger partial charge in [0.2, 0.25) is 0 Å². The largest absolute Gasteiger partial charge is 0.462 e. The van der Waals surface area contributed by atoms with Crippen LogP contribution in [0.25, 0.3) is 0 Å². The van der Waals surface area contributed by atoms with Crippen LogP contribution in [0.15, 0.2) is 146 Å². The molecule has 6 nitrogen and oxygen atoms in total. The van der Waals surface area contributed by atoms with Gasteiger partial charge in [0, 0.05) is 19.3 Å². The molecule has 81 heavy (non-hydrogen) atoms. The van der Waals surface area contributed by atoms with E-state index in [1.54, 1.807) is 0 Å². The zero-order valence-corrected chi connectivity index (χ0v) is 52.5. The number of carbonyl (C=O) groups is 3. The van der Waals surface area contributed by atoms with E-state index < -0.39 is 6.10 Å². The Morgan fingerprint density at radius 3 is 0.765 bits per heavy atom. The van der Waals surface area contributed by atoms with Crippen LogP contribution < -0.4 is 0 Å². The quantitative estimate of drug-likeness (QED) is 0.0261. The van der Waals surface area contributed by atoms with Gasteiger partial charge in [-0.05, 0) is 141 Å². The molecule has 0 saturated carbocycles. The SMILES string of the molecule is CC/C=C\C/C=C\C/C=C\C/C=C\C/C=C\C/C=C\C/C=C\CCCCCCCC(=O)OCC(COC(=O)CCCCC/C=C\C/C=C\C/C=C\CC)OC(=O)CCCCCCCCCCCCC/C=C\C/C=C\CCCCCCC. The average Bonchev–Trinajstić information content (AvgIpc) is 3.46. The summed E-state index contributed by atoms with van der Waals surface area (Å²) in [6.07, 6.45) is 97.2.